The molecule has 9 heteroatoms. The number of carbonyl (C=O) groups excluding carboxylic acids is 1. The van der Waals surface area contributed by atoms with Gasteiger partial charge in [-0.3, -0.25) is 14.9 Å². The van der Waals surface area contributed by atoms with Crippen molar-refractivity contribution in [2.75, 3.05) is 20.8 Å². The van der Waals surface area contributed by atoms with Crippen LogP contribution in [-0.2, 0) is 0 Å². The number of nitrogens with zero attached hydrogens (tertiary/aromatic N) is 2. The van der Waals surface area contributed by atoms with E-state index in [0.717, 1.165) is 0 Å². The van der Waals surface area contributed by atoms with Gasteiger partial charge in [0.05, 0.1) is 32.0 Å². The average molecular weight is 387 g/mol. The first-order valence-electron chi connectivity index (χ1n) is 8.46. The number of nitrogens with one attached hydrogen (secondary N) is 1. The van der Waals surface area contributed by atoms with Gasteiger partial charge in [-0.1, -0.05) is 13.0 Å². The zero-order valence-electron chi connectivity index (χ0n) is 15.8. The first kappa shape index (κ1) is 20.7. The summed E-state index contributed by atoms with van der Waals surface area (Å²) < 4.78 is 15.7. The molecule has 0 spiro atoms. The molecule has 1 amide bonds. The minimum Gasteiger partial charge on any atom is -0.497 e. The molecule has 0 aliphatic heterocycles. The van der Waals surface area contributed by atoms with Crippen molar-refractivity contribution in [3.05, 3.63) is 57.6 Å². The van der Waals surface area contributed by atoms with Crippen LogP contribution < -0.4 is 19.6 Å². The maximum atomic E-state index is 12.1. The molecule has 1 N–H and O–H groups in total. The van der Waals surface area contributed by atoms with Gasteiger partial charge < -0.3 is 14.2 Å². The Kier molecular flexibility index (Phi) is 7.32. The van der Waals surface area contributed by atoms with Crippen LogP contribution in [0.2, 0.25) is 0 Å². The minimum absolute atomic E-state index is 0.0620. The van der Waals surface area contributed by atoms with Gasteiger partial charge in [0, 0.05) is 17.2 Å². The number of hydrogen-bond donors (Lipinski definition) is 1. The Morgan fingerprint density at radius 2 is 2.04 bits per heavy atom. The minimum atomic E-state index is -0.556. The molecule has 0 aliphatic carbocycles. The summed E-state index contributed by atoms with van der Waals surface area (Å²) in [5.74, 6) is 0.370. The summed E-state index contributed by atoms with van der Waals surface area (Å²) in [5, 5.41) is 15.2. The molecule has 0 radical (unpaired) electrons. The van der Waals surface area contributed by atoms with Crippen molar-refractivity contribution in [2.24, 2.45) is 5.10 Å². The second-order valence-corrected chi connectivity index (χ2v) is 5.61. The zero-order chi connectivity index (χ0) is 20.5. The quantitative estimate of drug-likeness (QED) is 0.402. The Hall–Kier alpha value is -3.62. The third-order valence-electron chi connectivity index (χ3n) is 3.64. The highest BCUT2D eigenvalue weighted by molar-refractivity contribution is 5.95. The summed E-state index contributed by atoms with van der Waals surface area (Å²) >= 11 is 0. The smallest absolute Gasteiger partial charge is 0.315 e. The van der Waals surface area contributed by atoms with Crippen LogP contribution >= 0.6 is 0 Å². The Labute approximate surface area is 162 Å². The third-order valence-corrected chi connectivity index (χ3v) is 3.64. The largest absolute Gasteiger partial charge is 0.497 e. The highest BCUT2D eigenvalue weighted by Gasteiger charge is 2.22. The maximum absolute atomic E-state index is 12.1. The molecule has 0 bridgehead atoms. The molecule has 0 heterocycles. The van der Waals surface area contributed by atoms with E-state index in [9.17, 15) is 14.9 Å². The standard InChI is InChI=1S/C19H21N3O6/c1-4-8-28-18-16(22(24)25)9-13(10-17(18)27-3)12-20-21-19(23)14-6-5-7-15(11-14)26-2/h5-7,9-12H,4,8H2,1-3H3,(H,21,23)/b20-12+. The monoisotopic (exact) mass is 387 g/mol. The molecule has 148 valence electrons. The molecule has 28 heavy (non-hydrogen) atoms. The number of rotatable bonds is 9. The molecule has 2 rings (SSSR count). The van der Waals surface area contributed by atoms with Crippen molar-refractivity contribution in [1.29, 1.82) is 0 Å². The maximum Gasteiger partial charge on any atom is 0.315 e. The Morgan fingerprint density at radius 1 is 1.25 bits per heavy atom. The second-order valence-electron chi connectivity index (χ2n) is 5.61. The van der Waals surface area contributed by atoms with Crippen LogP contribution in [0.3, 0.4) is 0 Å². The van der Waals surface area contributed by atoms with E-state index < -0.39 is 10.8 Å². The van der Waals surface area contributed by atoms with Crippen LogP contribution in [0.1, 0.15) is 29.3 Å². The van der Waals surface area contributed by atoms with Crippen LogP contribution in [0.4, 0.5) is 5.69 Å². The van der Waals surface area contributed by atoms with Crippen LogP contribution in [0.5, 0.6) is 17.2 Å². The number of methoxy groups -OCH3 is 2. The van der Waals surface area contributed by atoms with Crippen molar-refractivity contribution >= 4 is 17.8 Å². The summed E-state index contributed by atoms with van der Waals surface area (Å²) in [4.78, 5) is 23.0. The van der Waals surface area contributed by atoms with Gasteiger partial charge in [0.25, 0.3) is 5.91 Å². The van der Waals surface area contributed by atoms with E-state index in [1.165, 1.54) is 26.5 Å². The molecule has 0 fully saturated rings. The predicted molar refractivity (Wildman–Crippen MR) is 103 cm³/mol. The normalized spacial score (nSPS) is 10.5. The SMILES string of the molecule is CCCOc1c(OC)cc(/C=N/NC(=O)c2cccc(OC)c2)cc1[N+](=O)[O-]. The van der Waals surface area contributed by atoms with Crippen LogP contribution in [-0.4, -0.2) is 37.9 Å². The molecule has 2 aromatic rings. The fraction of sp³-hybridized carbons (Fsp3) is 0.263. The van der Waals surface area contributed by atoms with Gasteiger partial charge in [-0.15, -0.1) is 0 Å². The van der Waals surface area contributed by atoms with E-state index >= 15 is 0 Å². The first-order chi connectivity index (χ1) is 13.5. The number of hydrazone groups is 1. The van der Waals surface area contributed by atoms with Crippen LogP contribution in [0.25, 0.3) is 0 Å². The van der Waals surface area contributed by atoms with Crippen molar-refractivity contribution in [3.63, 3.8) is 0 Å². The van der Waals surface area contributed by atoms with E-state index in [-0.39, 0.29) is 17.2 Å². The number of carbonyl (C=O) groups is 1. The average Bonchev–Trinajstić information content (AvgIpc) is 2.71. The molecule has 9 nitrogen and oxygen atoms in total. The lowest BCUT2D eigenvalue weighted by molar-refractivity contribution is -0.386. The summed E-state index contributed by atoms with van der Waals surface area (Å²) in [6, 6.07) is 9.42. The molecular formula is C19H21N3O6. The van der Waals surface area contributed by atoms with Gasteiger partial charge in [0.15, 0.2) is 5.75 Å². The van der Waals surface area contributed by atoms with Gasteiger partial charge >= 0.3 is 5.69 Å². The number of hydrogen-bond acceptors (Lipinski definition) is 7. The van der Waals surface area contributed by atoms with E-state index in [1.807, 2.05) is 6.92 Å². The molecule has 0 aliphatic rings. The number of benzene rings is 2. The van der Waals surface area contributed by atoms with E-state index in [1.54, 1.807) is 30.3 Å². The zero-order valence-corrected chi connectivity index (χ0v) is 15.8. The Morgan fingerprint density at radius 3 is 2.68 bits per heavy atom. The fourth-order valence-electron chi connectivity index (χ4n) is 2.31. The Bertz CT molecular complexity index is 882. The third kappa shape index (κ3) is 5.19. The molecular weight excluding hydrogens is 366 g/mol. The summed E-state index contributed by atoms with van der Waals surface area (Å²) in [6.45, 7) is 2.21. The second kappa shape index (κ2) is 9.91. The van der Waals surface area contributed by atoms with Gasteiger partial charge in [0.1, 0.15) is 5.75 Å². The number of nitro groups is 1. The fourth-order valence-corrected chi connectivity index (χ4v) is 2.31. The lowest BCUT2D eigenvalue weighted by Crippen LogP contribution is -2.17. The van der Waals surface area contributed by atoms with Gasteiger partial charge in [0.2, 0.25) is 5.75 Å². The van der Waals surface area contributed by atoms with Crippen molar-refractivity contribution in [3.8, 4) is 17.2 Å². The number of amides is 1. The number of ether oxygens (including phenoxy) is 3. The lowest BCUT2D eigenvalue weighted by atomic mass is 10.2. The van der Waals surface area contributed by atoms with Crippen molar-refractivity contribution in [2.45, 2.75) is 13.3 Å². The molecule has 2 aromatic carbocycles. The van der Waals surface area contributed by atoms with Crippen molar-refractivity contribution < 1.29 is 23.9 Å². The van der Waals surface area contributed by atoms with Crippen molar-refractivity contribution in [1.82, 2.24) is 5.43 Å². The molecule has 0 saturated heterocycles. The first-order valence-corrected chi connectivity index (χ1v) is 8.46. The lowest BCUT2D eigenvalue weighted by Gasteiger charge is -2.11. The van der Waals surface area contributed by atoms with E-state index in [4.69, 9.17) is 14.2 Å². The molecule has 0 saturated carbocycles. The van der Waals surface area contributed by atoms with Gasteiger partial charge in [-0.05, 0) is 30.7 Å². The van der Waals surface area contributed by atoms with Gasteiger partial charge in [-0.2, -0.15) is 5.10 Å². The summed E-state index contributed by atoms with van der Waals surface area (Å²) in [7, 11) is 2.90. The summed E-state index contributed by atoms with van der Waals surface area (Å²) in [5.41, 5.74) is 2.86. The Balaban J connectivity index is 2.21. The van der Waals surface area contributed by atoms with Gasteiger partial charge in [-0.25, -0.2) is 5.43 Å². The summed E-state index contributed by atoms with van der Waals surface area (Å²) in [6.07, 6.45) is 1.98. The van der Waals surface area contributed by atoms with E-state index in [2.05, 4.69) is 10.5 Å². The highest BCUT2D eigenvalue weighted by atomic mass is 16.6. The molecule has 0 atom stereocenters. The molecule has 0 aromatic heterocycles. The van der Waals surface area contributed by atoms with Crippen LogP contribution in [0.15, 0.2) is 41.5 Å². The topological polar surface area (TPSA) is 112 Å². The number of nitro benzene ring substituents is 1. The highest BCUT2D eigenvalue weighted by Crippen LogP contribution is 2.38. The molecule has 0 unspecified atom stereocenters. The van der Waals surface area contributed by atoms with E-state index in [0.29, 0.717) is 29.9 Å². The predicted octanol–water partition coefficient (Wildman–Crippen LogP) is 3.16. The van der Waals surface area contributed by atoms with Crippen LogP contribution in [0, 0.1) is 10.1 Å².